The van der Waals surface area contributed by atoms with Gasteiger partial charge in [-0.3, -0.25) is 9.59 Å². The fourth-order valence-electron chi connectivity index (χ4n) is 2.99. The zero-order valence-electron chi connectivity index (χ0n) is 17.6. The maximum absolute atomic E-state index is 12.8. The number of hydrogen-bond acceptors (Lipinski definition) is 4. The Balaban J connectivity index is 1.63. The number of carbonyl (C=O) groups is 2. The van der Waals surface area contributed by atoms with Gasteiger partial charge in [0.25, 0.3) is 5.91 Å². The van der Waals surface area contributed by atoms with E-state index in [9.17, 15) is 9.59 Å². The Hall–Kier alpha value is -3.25. The lowest BCUT2D eigenvalue weighted by Crippen LogP contribution is -2.44. The van der Waals surface area contributed by atoms with Crippen LogP contribution in [0.5, 0.6) is 11.5 Å². The third-order valence-electron chi connectivity index (χ3n) is 4.62. The second-order valence-corrected chi connectivity index (χ2v) is 8.09. The first-order valence-electron chi connectivity index (χ1n) is 10.1. The maximum Gasteiger partial charge on any atom is 0.251 e. The Kier molecular flexibility index (Phi) is 8.12. The third-order valence-corrected chi connectivity index (χ3v) is 5.26. The van der Waals surface area contributed by atoms with Crippen molar-refractivity contribution in [3.8, 4) is 11.5 Å². The van der Waals surface area contributed by atoms with Crippen LogP contribution in [0.25, 0.3) is 0 Å². The van der Waals surface area contributed by atoms with Crippen LogP contribution in [0, 0.1) is 6.92 Å². The fourth-order valence-corrected chi connectivity index (χ4v) is 3.46. The lowest BCUT2D eigenvalue weighted by molar-refractivity contribution is -0.118. The van der Waals surface area contributed by atoms with E-state index in [2.05, 4.69) is 10.6 Å². The summed E-state index contributed by atoms with van der Waals surface area (Å²) in [5, 5.41) is 5.74. The van der Waals surface area contributed by atoms with Gasteiger partial charge >= 0.3 is 0 Å². The highest BCUT2D eigenvalue weighted by Crippen LogP contribution is 2.23. The Morgan fingerprint density at radius 1 is 0.935 bits per heavy atom. The number of thioether (sulfide) groups is 1. The van der Waals surface area contributed by atoms with Crippen molar-refractivity contribution in [2.45, 2.75) is 19.4 Å². The van der Waals surface area contributed by atoms with Gasteiger partial charge in [0.15, 0.2) is 0 Å². The molecular weight excluding hydrogens is 408 g/mol. The topological polar surface area (TPSA) is 67.4 Å². The molecule has 0 spiro atoms. The van der Waals surface area contributed by atoms with Crippen LogP contribution in [-0.2, 0) is 4.79 Å². The molecule has 0 aliphatic carbocycles. The summed E-state index contributed by atoms with van der Waals surface area (Å²) in [5.41, 5.74) is 2.29. The van der Waals surface area contributed by atoms with Crippen LogP contribution < -0.4 is 15.4 Å². The monoisotopic (exact) mass is 434 g/mol. The second-order valence-electron chi connectivity index (χ2n) is 7.11. The number of rotatable bonds is 9. The van der Waals surface area contributed by atoms with E-state index < -0.39 is 6.04 Å². The first-order chi connectivity index (χ1) is 15.0. The van der Waals surface area contributed by atoms with Gasteiger partial charge in [-0.25, -0.2) is 0 Å². The molecule has 0 saturated heterocycles. The van der Waals surface area contributed by atoms with Gasteiger partial charge in [0.1, 0.15) is 17.5 Å². The number of carbonyl (C=O) groups excluding carboxylic acids is 2. The largest absolute Gasteiger partial charge is 0.457 e. The molecule has 6 heteroatoms. The summed E-state index contributed by atoms with van der Waals surface area (Å²) in [4.78, 5) is 25.3. The lowest BCUT2D eigenvalue weighted by Gasteiger charge is -2.18. The zero-order valence-corrected chi connectivity index (χ0v) is 18.4. The van der Waals surface area contributed by atoms with Crippen molar-refractivity contribution in [3.05, 3.63) is 90.0 Å². The van der Waals surface area contributed by atoms with Gasteiger partial charge in [-0.05, 0) is 79.4 Å². The van der Waals surface area contributed by atoms with E-state index in [1.807, 2.05) is 43.5 Å². The molecule has 2 amide bonds. The first kappa shape index (κ1) is 22.4. The minimum atomic E-state index is -0.622. The molecule has 1 atom stereocenters. The van der Waals surface area contributed by atoms with Crippen molar-refractivity contribution in [2.24, 2.45) is 0 Å². The van der Waals surface area contributed by atoms with Crippen molar-refractivity contribution in [3.63, 3.8) is 0 Å². The van der Waals surface area contributed by atoms with Crippen LogP contribution >= 0.6 is 11.8 Å². The zero-order chi connectivity index (χ0) is 22.1. The Labute approximate surface area is 187 Å². The number of aryl methyl sites for hydroxylation is 1. The lowest BCUT2D eigenvalue weighted by atomic mass is 10.1. The molecule has 3 aromatic rings. The van der Waals surface area contributed by atoms with E-state index in [1.54, 1.807) is 60.3 Å². The van der Waals surface area contributed by atoms with E-state index in [0.717, 1.165) is 17.1 Å². The molecule has 0 radical (unpaired) electrons. The molecule has 0 aliphatic rings. The van der Waals surface area contributed by atoms with Crippen LogP contribution in [0.15, 0.2) is 78.9 Å². The van der Waals surface area contributed by atoms with Crippen LogP contribution in [0.2, 0.25) is 0 Å². The molecule has 31 heavy (non-hydrogen) atoms. The molecule has 3 aromatic carbocycles. The number of hydrogen-bond donors (Lipinski definition) is 2. The van der Waals surface area contributed by atoms with Gasteiger partial charge in [0.05, 0.1) is 0 Å². The molecule has 0 saturated carbocycles. The van der Waals surface area contributed by atoms with Crippen molar-refractivity contribution >= 4 is 29.3 Å². The summed E-state index contributed by atoms with van der Waals surface area (Å²) in [6.07, 6.45) is 2.51. The van der Waals surface area contributed by atoms with Crippen LogP contribution in [-0.4, -0.2) is 29.9 Å². The summed E-state index contributed by atoms with van der Waals surface area (Å²) in [7, 11) is 0. The predicted octanol–water partition coefficient (Wildman–Crippen LogP) is 5.28. The third kappa shape index (κ3) is 6.89. The number of nitrogens with one attached hydrogen (secondary N) is 2. The smallest absolute Gasteiger partial charge is 0.251 e. The van der Waals surface area contributed by atoms with Crippen molar-refractivity contribution < 1.29 is 14.3 Å². The highest BCUT2D eigenvalue weighted by molar-refractivity contribution is 7.98. The summed E-state index contributed by atoms with van der Waals surface area (Å²) in [5.74, 6) is 1.70. The van der Waals surface area contributed by atoms with E-state index in [4.69, 9.17) is 4.74 Å². The van der Waals surface area contributed by atoms with E-state index >= 15 is 0 Å². The molecule has 0 fully saturated rings. The normalized spacial score (nSPS) is 11.4. The SMILES string of the molecule is CSCCC(NC(=O)c1ccccc1)C(=O)Nc1ccc(Oc2cccc(C)c2)cc1. The number of benzene rings is 3. The minimum Gasteiger partial charge on any atom is -0.457 e. The minimum absolute atomic E-state index is 0.245. The average molecular weight is 435 g/mol. The summed E-state index contributed by atoms with van der Waals surface area (Å²) in [6, 6.07) is 23.3. The number of ether oxygens (including phenoxy) is 1. The molecule has 3 rings (SSSR count). The molecule has 2 N–H and O–H groups in total. The van der Waals surface area contributed by atoms with Crippen LogP contribution in [0.3, 0.4) is 0 Å². The molecule has 5 nitrogen and oxygen atoms in total. The summed E-state index contributed by atoms with van der Waals surface area (Å²) in [6.45, 7) is 2.01. The van der Waals surface area contributed by atoms with E-state index in [0.29, 0.717) is 23.4 Å². The van der Waals surface area contributed by atoms with Gasteiger partial charge in [0, 0.05) is 11.3 Å². The van der Waals surface area contributed by atoms with Gasteiger partial charge in [0.2, 0.25) is 5.91 Å². The highest BCUT2D eigenvalue weighted by Gasteiger charge is 2.21. The second kappa shape index (κ2) is 11.2. The predicted molar refractivity (Wildman–Crippen MR) is 127 cm³/mol. The Morgan fingerprint density at radius 2 is 1.68 bits per heavy atom. The van der Waals surface area contributed by atoms with Crippen LogP contribution in [0.4, 0.5) is 5.69 Å². The van der Waals surface area contributed by atoms with Crippen LogP contribution in [0.1, 0.15) is 22.3 Å². The maximum atomic E-state index is 12.8. The van der Waals surface area contributed by atoms with Gasteiger partial charge < -0.3 is 15.4 Å². The Morgan fingerprint density at radius 3 is 2.35 bits per heavy atom. The van der Waals surface area contributed by atoms with Crippen molar-refractivity contribution in [2.75, 3.05) is 17.3 Å². The van der Waals surface area contributed by atoms with Crippen molar-refractivity contribution in [1.82, 2.24) is 5.32 Å². The van der Waals surface area contributed by atoms with Gasteiger partial charge in [-0.1, -0.05) is 30.3 Å². The van der Waals surface area contributed by atoms with E-state index in [-0.39, 0.29) is 11.8 Å². The standard InChI is InChI=1S/C25H26N2O3S/c1-18-7-6-10-22(17-18)30-21-13-11-20(12-14-21)26-25(29)23(15-16-31-2)27-24(28)19-8-4-3-5-9-19/h3-14,17,23H,15-16H2,1-2H3,(H,26,29)(H,27,28). The fraction of sp³-hybridized carbons (Fsp3) is 0.200. The molecule has 0 aliphatic heterocycles. The van der Waals surface area contributed by atoms with E-state index in [1.165, 1.54) is 0 Å². The average Bonchev–Trinajstić information content (AvgIpc) is 2.78. The van der Waals surface area contributed by atoms with Crippen molar-refractivity contribution in [1.29, 1.82) is 0 Å². The molecule has 0 bridgehead atoms. The Bertz CT molecular complexity index is 1010. The van der Waals surface area contributed by atoms with Gasteiger partial charge in [-0.2, -0.15) is 11.8 Å². The van der Waals surface area contributed by atoms with Gasteiger partial charge in [-0.15, -0.1) is 0 Å². The summed E-state index contributed by atoms with van der Waals surface area (Å²) >= 11 is 1.63. The molecule has 0 heterocycles. The molecule has 160 valence electrons. The molecule has 1 unspecified atom stereocenters. The first-order valence-corrected chi connectivity index (χ1v) is 11.4. The highest BCUT2D eigenvalue weighted by atomic mass is 32.2. The number of amides is 2. The number of anilines is 1. The molecular formula is C25H26N2O3S. The summed E-state index contributed by atoms with van der Waals surface area (Å²) < 4.78 is 5.85. The molecule has 0 aromatic heterocycles. The quantitative estimate of drug-likeness (QED) is 0.481.